The average Bonchev–Trinajstić information content (AvgIpc) is 2.64. The summed E-state index contributed by atoms with van der Waals surface area (Å²) in [6, 6.07) is 4.88. The van der Waals surface area contributed by atoms with E-state index in [9.17, 15) is 14.3 Å². The number of nitrogens with zero attached hydrogens (tertiary/aromatic N) is 3. The fourth-order valence-electron chi connectivity index (χ4n) is 2.74. The van der Waals surface area contributed by atoms with E-state index in [2.05, 4.69) is 20.6 Å². The molecule has 9 heteroatoms. The van der Waals surface area contributed by atoms with Crippen LogP contribution in [0.4, 0.5) is 21.8 Å². The Morgan fingerprint density at radius 1 is 1.32 bits per heavy atom. The third-order valence-corrected chi connectivity index (χ3v) is 4.26. The SMILES string of the molecule is CCn1ccc2cc(Nc3cc(C)c(F)cn3)nc(N[C@@H](C)CO)c2c1=O.S. The summed E-state index contributed by atoms with van der Waals surface area (Å²) in [5.41, 5.74) is 0.309. The van der Waals surface area contributed by atoms with Gasteiger partial charge in [-0.3, -0.25) is 4.79 Å². The summed E-state index contributed by atoms with van der Waals surface area (Å²) in [6.07, 6.45) is 2.87. The highest BCUT2D eigenvalue weighted by molar-refractivity contribution is 7.59. The molecule has 0 bridgehead atoms. The molecule has 0 amide bonds. The number of rotatable bonds is 6. The average molecular weight is 405 g/mol. The number of halogens is 1. The highest BCUT2D eigenvalue weighted by Gasteiger charge is 2.14. The number of nitrogens with one attached hydrogen (secondary N) is 2. The van der Waals surface area contributed by atoms with Crippen LogP contribution < -0.4 is 16.2 Å². The number of aromatic nitrogens is 3. The molecule has 0 aliphatic heterocycles. The van der Waals surface area contributed by atoms with Crippen molar-refractivity contribution in [3.05, 3.63) is 52.3 Å². The number of anilines is 3. The molecule has 0 saturated carbocycles. The van der Waals surface area contributed by atoms with E-state index in [0.29, 0.717) is 40.3 Å². The van der Waals surface area contributed by atoms with Gasteiger partial charge >= 0.3 is 0 Å². The molecule has 3 aromatic heterocycles. The second-order valence-electron chi connectivity index (χ2n) is 6.40. The van der Waals surface area contributed by atoms with Crippen LogP contribution in [0.3, 0.4) is 0 Å². The maximum atomic E-state index is 13.4. The van der Waals surface area contributed by atoms with E-state index in [1.165, 1.54) is 0 Å². The molecule has 150 valence electrons. The zero-order valence-corrected chi connectivity index (χ0v) is 17.0. The van der Waals surface area contributed by atoms with Gasteiger partial charge in [-0.2, -0.15) is 13.5 Å². The summed E-state index contributed by atoms with van der Waals surface area (Å²) in [6.45, 7) is 5.78. The molecule has 0 aliphatic carbocycles. The molecule has 3 rings (SSSR count). The fraction of sp³-hybridized carbons (Fsp3) is 0.316. The van der Waals surface area contributed by atoms with Crippen LogP contribution in [0.1, 0.15) is 19.4 Å². The van der Waals surface area contributed by atoms with Crippen molar-refractivity contribution in [2.45, 2.75) is 33.4 Å². The van der Waals surface area contributed by atoms with Gasteiger partial charge in [0.2, 0.25) is 0 Å². The summed E-state index contributed by atoms with van der Waals surface area (Å²) in [5.74, 6) is 0.903. The van der Waals surface area contributed by atoms with Gasteiger partial charge in [0.15, 0.2) is 0 Å². The zero-order chi connectivity index (χ0) is 19.6. The van der Waals surface area contributed by atoms with Crippen molar-refractivity contribution in [1.29, 1.82) is 0 Å². The van der Waals surface area contributed by atoms with Gasteiger partial charge in [-0.05, 0) is 49.9 Å². The molecule has 0 fully saturated rings. The first-order valence-electron chi connectivity index (χ1n) is 8.73. The standard InChI is InChI=1S/C19H22FN5O2.H2S/c1-4-25-6-5-13-8-16(23-15-7-11(2)14(20)9-21-15)24-18(17(13)19(25)27)22-12(3)10-26;/h5-9,12,26H,4,10H2,1-3H3,(H2,21,22,23,24);1H2/t12-;/m0./s1. The Kier molecular flexibility index (Phi) is 6.98. The van der Waals surface area contributed by atoms with Crippen molar-refractivity contribution >= 4 is 41.7 Å². The van der Waals surface area contributed by atoms with E-state index in [1.807, 2.05) is 13.0 Å². The van der Waals surface area contributed by atoms with Gasteiger partial charge in [0.25, 0.3) is 5.56 Å². The zero-order valence-electron chi connectivity index (χ0n) is 16.0. The van der Waals surface area contributed by atoms with Crippen molar-refractivity contribution in [3.63, 3.8) is 0 Å². The maximum absolute atomic E-state index is 13.4. The van der Waals surface area contributed by atoms with Crippen molar-refractivity contribution < 1.29 is 9.50 Å². The Morgan fingerprint density at radius 2 is 2.07 bits per heavy atom. The van der Waals surface area contributed by atoms with E-state index >= 15 is 0 Å². The van der Waals surface area contributed by atoms with Gasteiger partial charge in [-0.15, -0.1) is 0 Å². The maximum Gasteiger partial charge on any atom is 0.262 e. The Balaban J connectivity index is 0.00000280. The number of hydrogen-bond acceptors (Lipinski definition) is 6. The number of pyridine rings is 3. The minimum absolute atomic E-state index is 0. The van der Waals surface area contributed by atoms with E-state index in [4.69, 9.17) is 0 Å². The topological polar surface area (TPSA) is 92.1 Å². The molecular formula is C19H24FN5O2S. The summed E-state index contributed by atoms with van der Waals surface area (Å²) in [4.78, 5) is 21.3. The number of aryl methyl sites for hydroxylation is 2. The molecule has 3 heterocycles. The van der Waals surface area contributed by atoms with Crippen LogP contribution in [-0.4, -0.2) is 32.3 Å². The van der Waals surface area contributed by atoms with Gasteiger partial charge in [0, 0.05) is 18.8 Å². The van der Waals surface area contributed by atoms with E-state index in [-0.39, 0.29) is 37.5 Å². The largest absolute Gasteiger partial charge is 0.394 e. The van der Waals surface area contributed by atoms with Gasteiger partial charge in [0.05, 0.1) is 18.2 Å². The highest BCUT2D eigenvalue weighted by Crippen LogP contribution is 2.25. The lowest BCUT2D eigenvalue weighted by Crippen LogP contribution is -2.24. The minimum atomic E-state index is -0.383. The number of aliphatic hydroxyl groups excluding tert-OH is 1. The Morgan fingerprint density at radius 3 is 2.71 bits per heavy atom. The van der Waals surface area contributed by atoms with Crippen LogP contribution in [0.2, 0.25) is 0 Å². The van der Waals surface area contributed by atoms with Gasteiger partial charge in [0.1, 0.15) is 23.3 Å². The quantitative estimate of drug-likeness (QED) is 0.584. The van der Waals surface area contributed by atoms with Crippen molar-refractivity contribution in [2.24, 2.45) is 0 Å². The fourth-order valence-corrected chi connectivity index (χ4v) is 2.74. The van der Waals surface area contributed by atoms with Crippen LogP contribution in [0.15, 0.2) is 35.4 Å². The van der Waals surface area contributed by atoms with Gasteiger partial charge < -0.3 is 20.3 Å². The van der Waals surface area contributed by atoms with Gasteiger partial charge in [-0.25, -0.2) is 14.4 Å². The first-order valence-corrected chi connectivity index (χ1v) is 8.73. The molecule has 0 aromatic carbocycles. The van der Waals surface area contributed by atoms with E-state index in [1.54, 1.807) is 36.7 Å². The molecule has 1 atom stereocenters. The second-order valence-corrected chi connectivity index (χ2v) is 6.40. The third kappa shape index (κ3) is 4.42. The molecule has 0 aliphatic rings. The van der Waals surface area contributed by atoms with Crippen LogP contribution in [-0.2, 0) is 6.54 Å². The Hall–Kier alpha value is -2.65. The van der Waals surface area contributed by atoms with Crippen molar-refractivity contribution in [3.8, 4) is 0 Å². The highest BCUT2D eigenvalue weighted by atomic mass is 32.1. The lowest BCUT2D eigenvalue weighted by molar-refractivity contribution is 0.281. The number of fused-ring (bicyclic) bond motifs is 1. The lowest BCUT2D eigenvalue weighted by Gasteiger charge is -2.16. The smallest absolute Gasteiger partial charge is 0.262 e. The van der Waals surface area contributed by atoms with E-state index < -0.39 is 0 Å². The lowest BCUT2D eigenvalue weighted by atomic mass is 10.2. The summed E-state index contributed by atoms with van der Waals surface area (Å²) in [5, 5.41) is 16.6. The Labute approximate surface area is 169 Å². The summed E-state index contributed by atoms with van der Waals surface area (Å²) < 4.78 is 15.0. The van der Waals surface area contributed by atoms with Crippen LogP contribution in [0.25, 0.3) is 10.8 Å². The van der Waals surface area contributed by atoms with Gasteiger partial charge in [-0.1, -0.05) is 0 Å². The summed E-state index contributed by atoms with van der Waals surface area (Å²) >= 11 is 0. The molecular weight excluding hydrogens is 381 g/mol. The molecule has 0 radical (unpaired) electrons. The molecule has 0 unspecified atom stereocenters. The normalized spacial score (nSPS) is 11.8. The van der Waals surface area contributed by atoms with Crippen molar-refractivity contribution in [2.75, 3.05) is 17.2 Å². The third-order valence-electron chi connectivity index (χ3n) is 4.26. The Bertz CT molecular complexity index is 1040. The number of aliphatic hydroxyl groups is 1. The first kappa shape index (κ1) is 21.6. The molecule has 7 nitrogen and oxygen atoms in total. The first-order chi connectivity index (χ1) is 12.9. The predicted molar refractivity (Wildman–Crippen MR) is 114 cm³/mol. The van der Waals surface area contributed by atoms with Crippen LogP contribution >= 0.6 is 13.5 Å². The molecule has 0 saturated heterocycles. The predicted octanol–water partition coefficient (Wildman–Crippen LogP) is 2.91. The molecule has 0 spiro atoms. The second kappa shape index (κ2) is 9.03. The van der Waals surface area contributed by atoms with Crippen LogP contribution in [0.5, 0.6) is 0 Å². The van der Waals surface area contributed by atoms with Crippen molar-refractivity contribution in [1.82, 2.24) is 14.5 Å². The summed E-state index contributed by atoms with van der Waals surface area (Å²) in [7, 11) is 0. The minimum Gasteiger partial charge on any atom is -0.394 e. The van der Waals surface area contributed by atoms with E-state index in [0.717, 1.165) is 6.20 Å². The molecule has 3 N–H and O–H groups in total. The molecule has 3 aromatic rings. The molecule has 28 heavy (non-hydrogen) atoms. The monoisotopic (exact) mass is 405 g/mol. The van der Waals surface area contributed by atoms with Crippen LogP contribution in [0, 0.1) is 12.7 Å². The number of hydrogen-bond donors (Lipinski definition) is 3.